The zero-order valence-electron chi connectivity index (χ0n) is 54.3. The SMILES string of the molecule is c1ccc2c(c1)Oc1cc(-c3ccc(-c4ccc(-c5nc(-c6ccc(-c7ccc(-c8nnc(-c9c(-c%10ccc%11c(c%10)Oc%10ccccc%10C%11%10c%11ccccc%11-c%11ccccc%11%10)ccc%10ccccc9%10)o8)cc7)cc6)c6ccccc6n5)cc4)cc3)ccc1C21c2ccccc2-c2ccccc21. The van der Waals surface area contributed by atoms with E-state index in [1.165, 1.54) is 50.1 Å². The molecule has 470 valence electrons. The van der Waals surface area contributed by atoms with Crippen LogP contribution >= 0.6 is 0 Å². The van der Waals surface area contributed by atoms with Crippen molar-refractivity contribution in [1.82, 2.24) is 20.2 Å². The van der Waals surface area contributed by atoms with Crippen LogP contribution in [-0.4, -0.2) is 20.2 Å². The second-order valence-electron chi connectivity index (χ2n) is 26.6. The van der Waals surface area contributed by atoms with E-state index < -0.39 is 10.8 Å². The van der Waals surface area contributed by atoms with Crippen molar-refractivity contribution >= 4 is 21.7 Å². The molecular weight excluding hydrogens is 1230 g/mol. The van der Waals surface area contributed by atoms with Crippen molar-refractivity contribution in [2.24, 2.45) is 0 Å². The first-order valence-corrected chi connectivity index (χ1v) is 34.3. The zero-order valence-corrected chi connectivity index (χ0v) is 54.3. The van der Waals surface area contributed by atoms with Gasteiger partial charge in [0, 0.05) is 44.3 Å². The number of para-hydroxylation sites is 3. The molecule has 101 heavy (non-hydrogen) atoms. The van der Waals surface area contributed by atoms with Crippen LogP contribution in [0.2, 0.25) is 0 Å². The summed E-state index contributed by atoms with van der Waals surface area (Å²) >= 11 is 0. The highest BCUT2D eigenvalue weighted by atomic mass is 16.5. The van der Waals surface area contributed by atoms with Gasteiger partial charge < -0.3 is 13.9 Å². The summed E-state index contributed by atoms with van der Waals surface area (Å²) < 4.78 is 20.5. The highest BCUT2D eigenvalue weighted by Crippen LogP contribution is 2.64. The van der Waals surface area contributed by atoms with Crippen molar-refractivity contribution in [3.8, 4) is 135 Å². The predicted octanol–water partition coefficient (Wildman–Crippen LogP) is 23.4. The van der Waals surface area contributed by atoms with Crippen LogP contribution in [0, 0.1) is 0 Å². The molecule has 2 aliphatic carbocycles. The van der Waals surface area contributed by atoms with Crippen LogP contribution in [0.25, 0.3) is 134 Å². The van der Waals surface area contributed by atoms with Gasteiger partial charge in [-0.3, -0.25) is 0 Å². The average molecular weight is 1290 g/mol. The second kappa shape index (κ2) is 22.1. The first kappa shape index (κ1) is 56.8. The number of nitrogens with zero attached hydrogens (tertiary/aromatic N) is 4. The van der Waals surface area contributed by atoms with Gasteiger partial charge in [0.25, 0.3) is 0 Å². The summed E-state index contributed by atoms with van der Waals surface area (Å²) in [4.78, 5) is 10.4. The smallest absolute Gasteiger partial charge is 0.249 e. The normalized spacial score (nSPS) is 13.5. The monoisotopic (exact) mass is 1290 g/mol. The molecule has 7 heteroatoms. The fraction of sp³-hybridized carbons (Fsp3) is 0.0213. The second-order valence-corrected chi connectivity index (χ2v) is 26.6. The number of ether oxygens (including phenoxy) is 2. The van der Waals surface area contributed by atoms with Crippen molar-refractivity contribution < 1.29 is 13.9 Å². The Morgan fingerprint density at radius 1 is 0.238 bits per heavy atom. The van der Waals surface area contributed by atoms with E-state index in [1.807, 2.05) is 12.1 Å². The van der Waals surface area contributed by atoms with Gasteiger partial charge in [0.1, 0.15) is 23.0 Å². The maximum Gasteiger partial charge on any atom is 0.249 e. The maximum atomic E-state index is 6.95. The average Bonchev–Trinajstić information content (AvgIpc) is 1.56. The zero-order chi connectivity index (χ0) is 66.3. The molecule has 2 aliphatic heterocycles. The third-order valence-corrected chi connectivity index (χ3v) is 21.5. The summed E-state index contributed by atoms with van der Waals surface area (Å²) in [6, 6.07) is 121. The number of rotatable bonds is 8. The fourth-order valence-electron chi connectivity index (χ4n) is 17.0. The van der Waals surface area contributed by atoms with Gasteiger partial charge in [-0.25, -0.2) is 9.97 Å². The fourth-order valence-corrected chi connectivity index (χ4v) is 17.0. The molecular formula is C94H56N4O3. The van der Waals surface area contributed by atoms with E-state index >= 15 is 0 Å². The lowest BCUT2D eigenvalue weighted by Crippen LogP contribution is -2.32. The third kappa shape index (κ3) is 8.47. The maximum absolute atomic E-state index is 6.95. The largest absolute Gasteiger partial charge is 0.457 e. The summed E-state index contributed by atoms with van der Waals surface area (Å²) in [7, 11) is 0. The highest BCUT2D eigenvalue weighted by Gasteiger charge is 2.52. The van der Waals surface area contributed by atoms with E-state index in [0.717, 1.165) is 134 Å². The van der Waals surface area contributed by atoms with E-state index in [-0.39, 0.29) is 0 Å². The summed E-state index contributed by atoms with van der Waals surface area (Å²) in [5.74, 6) is 4.95. The Morgan fingerprint density at radius 2 is 0.624 bits per heavy atom. The summed E-state index contributed by atoms with van der Waals surface area (Å²) in [5, 5.41) is 12.6. The molecule has 0 unspecified atom stereocenters. The molecule has 0 atom stereocenters. The van der Waals surface area contributed by atoms with Gasteiger partial charge in [-0.05, 0) is 142 Å². The number of hydrogen-bond donors (Lipinski definition) is 0. The first-order valence-electron chi connectivity index (χ1n) is 34.3. The van der Waals surface area contributed by atoms with Crippen molar-refractivity contribution in [2.75, 3.05) is 0 Å². The minimum absolute atomic E-state index is 0.433. The molecule has 17 aromatic rings. The summed E-state index contributed by atoms with van der Waals surface area (Å²) in [5.41, 5.74) is 27.5. The quantitative estimate of drug-likeness (QED) is 0.150. The molecule has 0 radical (unpaired) electrons. The molecule has 15 aromatic carbocycles. The topological polar surface area (TPSA) is 83.2 Å². The van der Waals surface area contributed by atoms with Crippen LogP contribution in [0.1, 0.15) is 44.5 Å². The lowest BCUT2D eigenvalue weighted by molar-refractivity contribution is 0.436. The lowest BCUT2D eigenvalue weighted by atomic mass is 9.66. The van der Waals surface area contributed by atoms with Crippen molar-refractivity contribution in [3.63, 3.8) is 0 Å². The van der Waals surface area contributed by atoms with Gasteiger partial charge in [-0.1, -0.05) is 297 Å². The van der Waals surface area contributed by atoms with E-state index in [2.05, 4.69) is 328 Å². The molecule has 0 bridgehead atoms. The van der Waals surface area contributed by atoms with Crippen LogP contribution in [0.4, 0.5) is 0 Å². The standard InChI is InChI=1S/C94H56N4O3/c1-2-18-68-62(17-1)49-52-69(67-51-54-82-87(56-67)100-85-32-16-13-29-80(85)94(82)77-26-10-5-21-72(77)73-22-6-11-27-78(73)94)88(68)92-98-97-91(101-92)65-47-41-60(42-48-65)58-37-43-63(44-38-58)89-74-23-7-14-30-83(74)95-90(96-89)64-45-39-59(40-46-64)57-33-35-61(36-34-57)66-50-53-81-86(55-66)99-84-31-15-12-28-79(84)93(81)75-24-8-3-19-70(75)71-20-4-9-25-76(71)93/h1-56H. The van der Waals surface area contributed by atoms with Gasteiger partial charge in [-0.15, -0.1) is 10.2 Å². The Balaban J connectivity index is 0.545. The van der Waals surface area contributed by atoms with Crippen molar-refractivity contribution in [2.45, 2.75) is 10.8 Å². The Labute approximate surface area is 582 Å². The van der Waals surface area contributed by atoms with Gasteiger partial charge in [0.2, 0.25) is 11.8 Å². The molecule has 7 nitrogen and oxygen atoms in total. The predicted molar refractivity (Wildman–Crippen MR) is 403 cm³/mol. The Hall–Kier alpha value is -13.4. The van der Waals surface area contributed by atoms with E-state index in [1.54, 1.807) is 0 Å². The Bertz CT molecular complexity index is 6180. The van der Waals surface area contributed by atoms with Gasteiger partial charge >= 0.3 is 0 Å². The molecule has 2 aromatic heterocycles. The van der Waals surface area contributed by atoms with Crippen LogP contribution in [0.3, 0.4) is 0 Å². The minimum Gasteiger partial charge on any atom is -0.457 e. The van der Waals surface area contributed by atoms with Gasteiger partial charge in [0.05, 0.1) is 27.6 Å². The van der Waals surface area contributed by atoms with Crippen LogP contribution < -0.4 is 9.47 Å². The molecule has 21 rings (SSSR count). The number of benzene rings is 15. The van der Waals surface area contributed by atoms with Crippen LogP contribution in [-0.2, 0) is 10.8 Å². The minimum atomic E-state index is -0.558. The molecule has 2 spiro atoms. The van der Waals surface area contributed by atoms with Crippen molar-refractivity contribution in [3.05, 3.63) is 384 Å². The number of hydrogen-bond acceptors (Lipinski definition) is 7. The molecule has 0 N–H and O–H groups in total. The Kier molecular flexibility index (Phi) is 12.4. The third-order valence-electron chi connectivity index (χ3n) is 21.5. The molecule has 0 saturated heterocycles. The van der Waals surface area contributed by atoms with E-state index in [9.17, 15) is 0 Å². The molecule has 4 heterocycles. The van der Waals surface area contributed by atoms with Gasteiger partial charge in [0.15, 0.2) is 5.82 Å². The molecule has 0 fully saturated rings. The molecule has 4 aliphatic rings. The summed E-state index contributed by atoms with van der Waals surface area (Å²) in [6.07, 6.45) is 0. The number of fused-ring (bicyclic) bond motifs is 20. The lowest BCUT2D eigenvalue weighted by Gasteiger charge is -2.39. The molecule has 0 saturated carbocycles. The highest BCUT2D eigenvalue weighted by molar-refractivity contribution is 6.03. The van der Waals surface area contributed by atoms with Crippen LogP contribution in [0.5, 0.6) is 23.0 Å². The first-order chi connectivity index (χ1) is 50.0. The van der Waals surface area contributed by atoms with Crippen molar-refractivity contribution in [1.29, 1.82) is 0 Å². The van der Waals surface area contributed by atoms with Gasteiger partial charge in [-0.2, -0.15) is 0 Å². The van der Waals surface area contributed by atoms with E-state index in [4.69, 9.17) is 34.1 Å². The summed E-state index contributed by atoms with van der Waals surface area (Å²) in [6.45, 7) is 0. The Morgan fingerprint density at radius 3 is 1.17 bits per heavy atom. The number of aromatic nitrogens is 4. The van der Waals surface area contributed by atoms with E-state index in [0.29, 0.717) is 17.6 Å². The van der Waals surface area contributed by atoms with Crippen LogP contribution in [0.15, 0.2) is 344 Å². The molecule has 0 amide bonds.